The minimum atomic E-state index is -0.867. The highest BCUT2D eigenvalue weighted by molar-refractivity contribution is 7.21. The Hall–Kier alpha value is -3.89. The summed E-state index contributed by atoms with van der Waals surface area (Å²) in [5.74, 6) is -1.63. The second-order valence-corrected chi connectivity index (χ2v) is 10.0. The number of carbonyl (C=O) groups is 2. The lowest BCUT2D eigenvalue weighted by molar-refractivity contribution is -0.672. The summed E-state index contributed by atoms with van der Waals surface area (Å²) in [5.41, 5.74) is 8.61. The van der Waals surface area contributed by atoms with Crippen LogP contribution in [-0.4, -0.2) is 21.8 Å². The number of nitrogen functional groups attached to an aromatic ring is 1. The molecule has 0 atom stereocenters. The first kappa shape index (κ1) is 21.9. The van der Waals surface area contributed by atoms with Crippen molar-refractivity contribution in [3.8, 4) is 22.1 Å². The van der Waals surface area contributed by atoms with E-state index in [4.69, 9.17) is 10.3 Å². The lowest BCUT2D eigenvalue weighted by atomic mass is 9.98. The molecule has 5 rings (SSSR count). The van der Waals surface area contributed by atoms with Crippen molar-refractivity contribution in [2.75, 3.05) is 5.73 Å². The van der Waals surface area contributed by atoms with Crippen LogP contribution < -0.4 is 15.5 Å². The molecule has 0 fully saturated rings. The van der Waals surface area contributed by atoms with E-state index >= 15 is 0 Å². The van der Waals surface area contributed by atoms with Gasteiger partial charge in [-0.3, -0.25) is 9.59 Å². The number of para-hydroxylation sites is 1. The van der Waals surface area contributed by atoms with E-state index in [1.807, 2.05) is 25.1 Å². The van der Waals surface area contributed by atoms with Crippen LogP contribution in [0.25, 0.3) is 26.3 Å². The number of aryl methyl sites for hydroxylation is 2. The Balaban J connectivity index is 1.77. The summed E-state index contributed by atoms with van der Waals surface area (Å²) in [4.78, 5) is 33.3. The Morgan fingerprint density at radius 2 is 1.82 bits per heavy atom. The van der Waals surface area contributed by atoms with E-state index in [0.29, 0.717) is 32.7 Å². The standard InChI is InChI=1S/C24H18N4O4S2/c1-11-9-10-15(33-11)17-16(13(3)29)12(2)26-23-18(17)19(25)22(34-23)21(30)20-24(31)32-27-28(20)14-7-5-4-6-8-14/h4-10H,1-3H3,(H2-,25,27,30,31). The molecule has 0 unspecified atom stereocenters. The maximum absolute atomic E-state index is 13.6. The average molecular weight is 491 g/mol. The fraction of sp³-hybridized carbons (Fsp3) is 0.125. The van der Waals surface area contributed by atoms with E-state index in [-0.39, 0.29) is 22.0 Å². The molecule has 0 saturated carbocycles. The van der Waals surface area contributed by atoms with Crippen molar-refractivity contribution in [2.24, 2.45) is 0 Å². The van der Waals surface area contributed by atoms with Crippen LogP contribution in [0.1, 0.15) is 43.2 Å². The third-order valence-corrected chi connectivity index (χ3v) is 7.55. The molecule has 1 aromatic carbocycles. The number of rotatable bonds is 5. The second kappa shape index (κ2) is 8.15. The first-order valence-electron chi connectivity index (χ1n) is 10.3. The van der Waals surface area contributed by atoms with Gasteiger partial charge in [-0.15, -0.1) is 22.7 Å². The van der Waals surface area contributed by atoms with Crippen molar-refractivity contribution in [3.63, 3.8) is 0 Å². The SMILES string of the molecule is CC(=O)c1c(C)nc2sc(C(=O)c3c([O-])on[n+]3-c3ccccc3)c(N)c2c1-c1ccc(C)s1. The van der Waals surface area contributed by atoms with Crippen molar-refractivity contribution >= 4 is 50.1 Å². The highest BCUT2D eigenvalue weighted by atomic mass is 32.1. The van der Waals surface area contributed by atoms with Crippen LogP contribution >= 0.6 is 22.7 Å². The number of hydrogen-bond donors (Lipinski definition) is 1. The predicted octanol–water partition coefficient (Wildman–Crippen LogP) is 4.00. The van der Waals surface area contributed by atoms with Gasteiger partial charge >= 0.3 is 5.69 Å². The third kappa shape index (κ3) is 3.39. The number of aromatic nitrogens is 3. The van der Waals surface area contributed by atoms with Gasteiger partial charge in [0.2, 0.25) is 5.69 Å². The lowest BCUT2D eigenvalue weighted by Crippen LogP contribution is -2.39. The van der Waals surface area contributed by atoms with Crippen LogP contribution in [0.5, 0.6) is 5.95 Å². The van der Waals surface area contributed by atoms with Gasteiger partial charge in [0.05, 0.1) is 16.7 Å². The number of ketones is 2. The van der Waals surface area contributed by atoms with Crippen molar-refractivity contribution in [1.29, 1.82) is 0 Å². The van der Waals surface area contributed by atoms with E-state index in [1.165, 1.54) is 18.3 Å². The number of anilines is 1. The fourth-order valence-corrected chi connectivity index (χ4v) is 5.99. The monoisotopic (exact) mass is 490 g/mol. The molecule has 5 aromatic rings. The van der Waals surface area contributed by atoms with Gasteiger partial charge in [0.15, 0.2) is 11.7 Å². The number of nitrogens with zero attached hydrogens (tertiary/aromatic N) is 3. The molecule has 0 aliphatic heterocycles. The number of benzene rings is 1. The summed E-state index contributed by atoms with van der Waals surface area (Å²) >= 11 is 2.61. The van der Waals surface area contributed by atoms with Crippen LogP contribution in [0.3, 0.4) is 0 Å². The van der Waals surface area contributed by atoms with Gasteiger partial charge in [0.25, 0.3) is 5.78 Å². The Labute approximate surface area is 201 Å². The molecule has 10 heteroatoms. The maximum Gasteiger partial charge on any atom is 0.312 e. The van der Waals surface area contributed by atoms with Crippen LogP contribution in [-0.2, 0) is 0 Å². The summed E-state index contributed by atoms with van der Waals surface area (Å²) < 4.78 is 5.98. The third-order valence-electron chi connectivity index (χ3n) is 5.43. The molecule has 170 valence electrons. The largest absolute Gasteiger partial charge is 0.539 e. The number of nitrogens with two attached hydrogens (primary N) is 1. The molecule has 4 heterocycles. The summed E-state index contributed by atoms with van der Waals surface area (Å²) in [5, 5.41) is 16.8. The Bertz CT molecular complexity index is 1600. The Kier molecular flexibility index (Phi) is 5.26. The van der Waals surface area contributed by atoms with Crippen LogP contribution in [0.15, 0.2) is 47.0 Å². The molecule has 2 N–H and O–H groups in total. The summed E-state index contributed by atoms with van der Waals surface area (Å²) in [6.45, 7) is 5.22. The average Bonchev–Trinajstić information content (AvgIpc) is 3.50. The first-order chi connectivity index (χ1) is 16.3. The topological polar surface area (TPSA) is 126 Å². The molecule has 4 aromatic heterocycles. The highest BCUT2D eigenvalue weighted by Gasteiger charge is 2.33. The van der Waals surface area contributed by atoms with Crippen LogP contribution in [0.2, 0.25) is 0 Å². The van der Waals surface area contributed by atoms with Gasteiger partial charge in [0.1, 0.15) is 9.71 Å². The molecule has 0 radical (unpaired) electrons. The number of hydrogen-bond acceptors (Lipinski definition) is 9. The number of carbonyl (C=O) groups excluding carboxylic acids is 2. The van der Waals surface area contributed by atoms with Gasteiger partial charge < -0.3 is 15.4 Å². The molecule has 0 saturated heterocycles. The zero-order chi connectivity index (χ0) is 24.1. The molecule has 0 amide bonds. The summed E-state index contributed by atoms with van der Waals surface area (Å²) in [7, 11) is 0. The number of Topliss-reactive ketones (excluding diaryl/α,β-unsaturated/α-hetero) is 1. The number of thiophene rings is 2. The second-order valence-electron chi connectivity index (χ2n) is 7.72. The molecular formula is C24H18N4O4S2. The maximum atomic E-state index is 13.6. The number of pyridine rings is 1. The van der Waals surface area contributed by atoms with Crippen molar-refractivity contribution in [2.45, 2.75) is 20.8 Å². The van der Waals surface area contributed by atoms with Gasteiger partial charge in [-0.1, -0.05) is 18.2 Å². The first-order valence-corrected chi connectivity index (χ1v) is 11.9. The zero-order valence-corrected chi connectivity index (χ0v) is 20.0. The van der Waals surface area contributed by atoms with Crippen molar-refractivity contribution in [3.05, 3.63) is 69.2 Å². The summed E-state index contributed by atoms with van der Waals surface area (Å²) in [6, 6.07) is 12.6. The van der Waals surface area contributed by atoms with Crippen LogP contribution in [0, 0.1) is 13.8 Å². The zero-order valence-electron chi connectivity index (χ0n) is 18.4. The van der Waals surface area contributed by atoms with Gasteiger partial charge in [-0.2, -0.15) is 0 Å². The lowest BCUT2D eigenvalue weighted by Gasteiger charge is -2.11. The van der Waals surface area contributed by atoms with Gasteiger partial charge in [-0.25, -0.2) is 4.98 Å². The molecule has 0 aliphatic carbocycles. The Morgan fingerprint density at radius 1 is 1.09 bits per heavy atom. The fourth-order valence-electron chi connectivity index (χ4n) is 3.97. The van der Waals surface area contributed by atoms with Crippen molar-refractivity contribution < 1.29 is 23.9 Å². The van der Waals surface area contributed by atoms with E-state index in [9.17, 15) is 14.7 Å². The predicted molar refractivity (Wildman–Crippen MR) is 128 cm³/mol. The minimum Gasteiger partial charge on any atom is -0.539 e. The molecule has 8 nitrogen and oxygen atoms in total. The van der Waals surface area contributed by atoms with Gasteiger partial charge in [0, 0.05) is 38.4 Å². The van der Waals surface area contributed by atoms with E-state index in [2.05, 4.69) is 10.3 Å². The molecule has 0 bridgehead atoms. The van der Waals surface area contributed by atoms with E-state index < -0.39 is 11.7 Å². The number of fused-ring (bicyclic) bond motifs is 1. The summed E-state index contributed by atoms with van der Waals surface area (Å²) in [6.07, 6.45) is 0. The smallest absolute Gasteiger partial charge is 0.312 e. The molecular weight excluding hydrogens is 472 g/mol. The normalized spacial score (nSPS) is 11.3. The molecule has 0 spiro atoms. The molecule has 0 aliphatic rings. The van der Waals surface area contributed by atoms with Gasteiger partial charge in [-0.05, 0) is 37.6 Å². The van der Waals surface area contributed by atoms with E-state index in [1.54, 1.807) is 31.2 Å². The van der Waals surface area contributed by atoms with Crippen molar-refractivity contribution in [1.82, 2.24) is 10.3 Å². The molecule has 34 heavy (non-hydrogen) atoms. The van der Waals surface area contributed by atoms with E-state index in [0.717, 1.165) is 25.8 Å². The van der Waals surface area contributed by atoms with Crippen LogP contribution in [0.4, 0.5) is 5.69 Å². The highest BCUT2D eigenvalue weighted by Crippen LogP contribution is 2.44. The quantitative estimate of drug-likeness (QED) is 0.291. The Morgan fingerprint density at radius 3 is 2.47 bits per heavy atom. The minimum absolute atomic E-state index is 0.141.